The van der Waals surface area contributed by atoms with E-state index in [1.54, 1.807) is 7.05 Å². The topological polar surface area (TPSA) is 91.4 Å². The minimum Gasteiger partial charge on any atom is -0.490 e. The van der Waals surface area contributed by atoms with Gasteiger partial charge < -0.3 is 19.3 Å². The highest BCUT2D eigenvalue weighted by atomic mass is 35.5. The van der Waals surface area contributed by atoms with Gasteiger partial charge in [-0.2, -0.15) is 0 Å². The zero-order chi connectivity index (χ0) is 36.6. The lowest BCUT2D eigenvalue weighted by atomic mass is 9.66. The maximum Gasteiger partial charge on any atom is 0.251 e. The molecule has 2 saturated heterocycles. The van der Waals surface area contributed by atoms with Crippen molar-refractivity contribution in [1.29, 1.82) is 0 Å². The Morgan fingerprint density at radius 3 is 2.77 bits per heavy atom. The van der Waals surface area contributed by atoms with E-state index in [-0.39, 0.29) is 34.6 Å². The number of fused-ring (bicyclic) bond motifs is 4. The number of piperazine rings is 1. The average molecular weight is 751 g/mol. The summed E-state index contributed by atoms with van der Waals surface area (Å²) in [5.74, 6) is 2.53. The van der Waals surface area contributed by atoms with Crippen molar-refractivity contribution >= 4 is 40.5 Å². The molecule has 1 N–H and O–H groups in total. The number of carbonyl (C=O) groups excluding carboxylic acids is 2. The second-order valence-electron chi connectivity index (χ2n) is 16.0. The zero-order valence-corrected chi connectivity index (χ0v) is 32.7. The van der Waals surface area contributed by atoms with Crippen molar-refractivity contribution in [2.24, 2.45) is 23.7 Å². The van der Waals surface area contributed by atoms with Crippen LogP contribution in [0, 0.1) is 23.7 Å². The van der Waals surface area contributed by atoms with Crippen LogP contribution in [0.5, 0.6) is 5.75 Å². The van der Waals surface area contributed by atoms with Gasteiger partial charge in [0.15, 0.2) is 0 Å². The Bertz CT molecular complexity index is 1690. The smallest absolute Gasteiger partial charge is 0.251 e. The summed E-state index contributed by atoms with van der Waals surface area (Å²) < 4.78 is 27.9. The molecule has 282 valence electrons. The lowest BCUT2D eigenvalue weighted by molar-refractivity contribution is -0.162. The number of allylic oxidation sites excluding steroid dienone is 1. The van der Waals surface area contributed by atoms with Crippen LogP contribution in [0.1, 0.15) is 67.9 Å². The van der Waals surface area contributed by atoms with E-state index in [0.29, 0.717) is 36.5 Å². The highest BCUT2D eigenvalue weighted by Crippen LogP contribution is 2.48. The summed E-state index contributed by atoms with van der Waals surface area (Å²) in [4.78, 5) is 31.9. The van der Waals surface area contributed by atoms with E-state index in [9.17, 15) is 13.8 Å². The van der Waals surface area contributed by atoms with Crippen LogP contribution in [0.2, 0.25) is 5.02 Å². The predicted molar refractivity (Wildman–Crippen MR) is 208 cm³/mol. The van der Waals surface area contributed by atoms with Crippen molar-refractivity contribution in [3.05, 3.63) is 70.3 Å². The lowest BCUT2D eigenvalue weighted by Gasteiger charge is -2.48. The number of amides is 1. The molecule has 1 saturated carbocycles. The van der Waals surface area contributed by atoms with Crippen molar-refractivity contribution in [2.75, 3.05) is 64.4 Å². The van der Waals surface area contributed by atoms with E-state index in [1.165, 1.54) is 11.1 Å². The highest BCUT2D eigenvalue weighted by Gasteiger charge is 2.46. The molecule has 3 heterocycles. The van der Waals surface area contributed by atoms with E-state index in [2.05, 4.69) is 52.7 Å². The first kappa shape index (κ1) is 37.6. The molecule has 0 bridgehead atoms. The molecule has 8 unspecified atom stereocenters. The summed E-state index contributed by atoms with van der Waals surface area (Å²) in [5.41, 5.74) is 4.15. The number of anilines is 1. The number of nitrogens with one attached hydrogen (secondary N) is 1. The maximum absolute atomic E-state index is 12.8. The van der Waals surface area contributed by atoms with Gasteiger partial charge in [0.2, 0.25) is 0 Å². The number of halogens is 1. The Hall–Kier alpha value is -2.76. The molecular weight excluding hydrogens is 696 g/mol. The Morgan fingerprint density at radius 1 is 1.15 bits per heavy atom. The fourth-order valence-electron chi connectivity index (χ4n) is 9.40. The summed E-state index contributed by atoms with van der Waals surface area (Å²) in [6.45, 7) is 12.4. The Kier molecular flexibility index (Phi) is 11.5. The second-order valence-corrected chi connectivity index (χ2v) is 18.2. The van der Waals surface area contributed by atoms with Crippen LogP contribution in [-0.2, 0) is 32.4 Å². The molecule has 11 heteroatoms. The number of aryl methyl sites for hydroxylation is 1. The quantitative estimate of drug-likeness (QED) is 0.221. The van der Waals surface area contributed by atoms with Gasteiger partial charge in [-0.25, -0.2) is 8.93 Å². The molecule has 3 fully saturated rings. The third kappa shape index (κ3) is 7.61. The first-order chi connectivity index (χ1) is 25.1. The molecule has 2 aromatic carbocycles. The van der Waals surface area contributed by atoms with Gasteiger partial charge in [0.05, 0.1) is 35.9 Å². The fraction of sp³-hybridized carbons (Fsp3) is 0.610. The Balaban J connectivity index is 1.13. The Morgan fingerprint density at radius 2 is 2.00 bits per heavy atom. The van der Waals surface area contributed by atoms with Gasteiger partial charge in [-0.05, 0) is 118 Å². The van der Waals surface area contributed by atoms with Crippen molar-refractivity contribution in [2.45, 2.75) is 75.7 Å². The number of hydrogen-bond acceptors (Lipinski definition) is 7. The number of hydrogen-bond donors (Lipinski definition) is 1. The molecule has 7 rings (SSSR count). The number of aldehydes is 1. The molecular formula is C41H55ClN4O5S. The standard InChI is InChI=1S/C41H55ClN4O5S/c1-27(29(3)52(49)43-4)6-5-7-32(20-44-16-17-46-35(22-44)24-50-28(2)40(46)48)36-11-9-33(36)21-45-25-41(15-14-31-19-34(42)10-12-37(31)41)26-51-39-13-8-30(23-47)18-38(39)45/h5,7-8,10,12-13,18-19,23,27-29,32-33,35-36,43H,6,9,11,14-17,20-22,24-26H2,1-4H3/b7-5+/t27?,28-,29?,32?,33?,35?,36?,41?,52?/m1/s1. The van der Waals surface area contributed by atoms with E-state index < -0.39 is 11.0 Å². The number of benzene rings is 2. The van der Waals surface area contributed by atoms with Crippen molar-refractivity contribution in [3.63, 3.8) is 0 Å². The summed E-state index contributed by atoms with van der Waals surface area (Å²) in [7, 11) is 0.693. The van der Waals surface area contributed by atoms with Gasteiger partial charge in [-0.1, -0.05) is 36.7 Å². The SMILES string of the molecule is CNS(=O)C(C)C(C)C/C=C/C(CN1CCN2C(=O)[C@@H](C)OCC2C1)C1CCC1CN1CC2(CCc3cc(Cl)ccc32)COc2ccc(C=O)cc21. The van der Waals surface area contributed by atoms with Crippen LogP contribution in [-0.4, -0.2) is 103 Å². The first-order valence-electron chi connectivity index (χ1n) is 19.2. The molecule has 5 aliphatic rings. The third-order valence-electron chi connectivity index (χ3n) is 12.9. The second kappa shape index (κ2) is 15.9. The molecule has 0 radical (unpaired) electrons. The molecule has 1 amide bonds. The van der Waals surface area contributed by atoms with Crippen LogP contribution in [0.3, 0.4) is 0 Å². The van der Waals surface area contributed by atoms with Crippen molar-refractivity contribution in [1.82, 2.24) is 14.5 Å². The third-order valence-corrected chi connectivity index (χ3v) is 14.7. The molecule has 2 aromatic rings. The van der Waals surface area contributed by atoms with Gasteiger partial charge in [0.1, 0.15) is 18.1 Å². The summed E-state index contributed by atoms with van der Waals surface area (Å²) >= 11 is 6.44. The van der Waals surface area contributed by atoms with Gasteiger partial charge in [-0.15, -0.1) is 0 Å². The largest absolute Gasteiger partial charge is 0.490 e. The molecule has 1 spiro atoms. The van der Waals surface area contributed by atoms with Gasteiger partial charge in [0, 0.05) is 60.5 Å². The minimum absolute atomic E-state index is 0.0505. The summed E-state index contributed by atoms with van der Waals surface area (Å²) in [6, 6.07) is 12.3. The number of nitrogens with zero attached hydrogens (tertiary/aromatic N) is 3. The number of morpholine rings is 1. The molecule has 3 aliphatic heterocycles. The van der Waals surface area contributed by atoms with Crippen molar-refractivity contribution < 1.29 is 23.3 Å². The fourth-order valence-corrected chi connectivity index (χ4v) is 10.5. The maximum atomic E-state index is 12.8. The first-order valence-corrected chi connectivity index (χ1v) is 20.8. The lowest BCUT2D eigenvalue weighted by Crippen LogP contribution is -2.62. The van der Waals surface area contributed by atoms with Gasteiger partial charge >= 0.3 is 0 Å². The van der Waals surface area contributed by atoms with Crippen LogP contribution in [0.4, 0.5) is 5.69 Å². The average Bonchev–Trinajstić information content (AvgIpc) is 3.40. The Labute approximate surface area is 317 Å². The van der Waals surface area contributed by atoms with Crippen LogP contribution >= 0.6 is 11.6 Å². The number of rotatable bonds is 12. The van der Waals surface area contributed by atoms with Crippen LogP contribution in [0.25, 0.3) is 0 Å². The molecule has 52 heavy (non-hydrogen) atoms. The van der Waals surface area contributed by atoms with Gasteiger partial charge in [0.25, 0.3) is 5.91 Å². The molecule has 0 aromatic heterocycles. The minimum atomic E-state index is -1.06. The van der Waals surface area contributed by atoms with E-state index in [1.807, 2.05) is 36.1 Å². The molecule has 9 atom stereocenters. The van der Waals surface area contributed by atoms with Crippen molar-refractivity contribution in [3.8, 4) is 5.75 Å². The van der Waals surface area contributed by atoms with Gasteiger partial charge in [-0.3, -0.25) is 14.5 Å². The number of ether oxygens (including phenoxy) is 2. The zero-order valence-electron chi connectivity index (χ0n) is 31.1. The molecule has 9 nitrogen and oxygen atoms in total. The number of carbonyl (C=O) groups is 2. The van der Waals surface area contributed by atoms with Crippen LogP contribution < -0.4 is 14.4 Å². The summed E-state index contributed by atoms with van der Waals surface area (Å²) in [6.07, 6.45) is 10.5. The molecule has 2 aliphatic carbocycles. The summed E-state index contributed by atoms with van der Waals surface area (Å²) in [5, 5.41) is 0.824. The monoisotopic (exact) mass is 750 g/mol. The van der Waals surface area contributed by atoms with E-state index >= 15 is 0 Å². The van der Waals surface area contributed by atoms with E-state index in [0.717, 1.165) is 94.1 Å². The normalized spacial score (nSPS) is 29.8. The predicted octanol–water partition coefficient (Wildman–Crippen LogP) is 5.66. The van der Waals surface area contributed by atoms with E-state index in [4.69, 9.17) is 21.1 Å². The van der Waals surface area contributed by atoms with Crippen LogP contribution in [0.15, 0.2) is 48.6 Å². The highest BCUT2D eigenvalue weighted by molar-refractivity contribution is 7.83.